The fourth-order valence-electron chi connectivity index (χ4n) is 4.40. The molecule has 1 aromatic heterocycles. The summed E-state index contributed by atoms with van der Waals surface area (Å²) in [5.41, 5.74) is -0.497. The molecule has 148 valence electrons. The van der Waals surface area contributed by atoms with Gasteiger partial charge in [0, 0.05) is 18.3 Å². The van der Waals surface area contributed by atoms with Crippen LogP contribution in [0.25, 0.3) is 5.69 Å². The summed E-state index contributed by atoms with van der Waals surface area (Å²) < 4.78 is 39.4. The molecule has 4 rings (SSSR count). The predicted molar refractivity (Wildman–Crippen MR) is 91.9 cm³/mol. The van der Waals surface area contributed by atoms with E-state index in [0.717, 1.165) is 30.0 Å². The number of rotatable bonds is 3. The fraction of sp³-hybridized carbons (Fsp3) is 0.421. The molecular formula is C19H18F3N3O3. The summed E-state index contributed by atoms with van der Waals surface area (Å²) >= 11 is 0. The molecule has 0 bridgehead atoms. The van der Waals surface area contributed by atoms with E-state index in [4.69, 9.17) is 0 Å². The van der Waals surface area contributed by atoms with Crippen molar-refractivity contribution in [1.82, 2.24) is 14.7 Å². The second kappa shape index (κ2) is 6.65. The van der Waals surface area contributed by atoms with Crippen molar-refractivity contribution in [1.29, 1.82) is 0 Å². The van der Waals surface area contributed by atoms with E-state index in [9.17, 15) is 27.9 Å². The first-order chi connectivity index (χ1) is 13.3. The van der Waals surface area contributed by atoms with E-state index < -0.39 is 29.8 Å². The molecule has 2 aromatic rings. The molecule has 1 saturated carbocycles. The Morgan fingerprint density at radius 3 is 2.64 bits per heavy atom. The lowest BCUT2D eigenvalue weighted by Gasteiger charge is -2.24. The average Bonchev–Trinajstić information content (AvgIpc) is 3.35. The molecule has 28 heavy (non-hydrogen) atoms. The number of carbonyl (C=O) groups excluding carboxylic acids is 1. The number of halogens is 3. The Morgan fingerprint density at radius 2 is 1.96 bits per heavy atom. The van der Waals surface area contributed by atoms with Crippen LogP contribution in [0.2, 0.25) is 0 Å². The maximum atomic E-state index is 13.0. The van der Waals surface area contributed by atoms with Crippen LogP contribution in [0.4, 0.5) is 13.2 Å². The summed E-state index contributed by atoms with van der Waals surface area (Å²) in [6.07, 6.45) is -0.713. The van der Waals surface area contributed by atoms with Gasteiger partial charge in [0.25, 0.3) is 5.91 Å². The summed E-state index contributed by atoms with van der Waals surface area (Å²) in [6.45, 7) is 0.394. The zero-order chi connectivity index (χ0) is 20.1. The maximum Gasteiger partial charge on any atom is 0.435 e. The predicted octanol–water partition coefficient (Wildman–Crippen LogP) is 3.22. The van der Waals surface area contributed by atoms with Crippen LogP contribution in [0.3, 0.4) is 0 Å². The van der Waals surface area contributed by atoms with Crippen LogP contribution in [0.5, 0.6) is 0 Å². The SMILES string of the molecule is O=C(O)C1C2CCCC2CN1C(=O)c1cccc(-n2ccc(C(F)(F)F)n2)c1. The molecule has 2 heterocycles. The molecule has 1 aromatic carbocycles. The molecule has 1 N–H and O–H groups in total. The van der Waals surface area contributed by atoms with E-state index in [-0.39, 0.29) is 17.4 Å². The zero-order valence-corrected chi connectivity index (χ0v) is 14.8. The molecule has 0 radical (unpaired) electrons. The topological polar surface area (TPSA) is 75.4 Å². The van der Waals surface area contributed by atoms with E-state index in [1.54, 1.807) is 6.07 Å². The van der Waals surface area contributed by atoms with E-state index in [0.29, 0.717) is 12.2 Å². The molecule has 3 atom stereocenters. The molecule has 9 heteroatoms. The third kappa shape index (κ3) is 3.14. The highest BCUT2D eigenvalue weighted by atomic mass is 19.4. The lowest BCUT2D eigenvalue weighted by molar-refractivity contribution is -0.143. The van der Waals surface area contributed by atoms with Gasteiger partial charge in [-0.05, 0) is 48.9 Å². The number of benzene rings is 1. The first-order valence-electron chi connectivity index (χ1n) is 9.03. The standard InChI is InChI=1S/C19H18F3N3O3/c20-19(21,22)15-7-8-25(23-15)13-5-1-3-11(9-13)17(26)24-10-12-4-2-6-14(12)16(24)18(27)28/h1,3,5,7-9,12,14,16H,2,4,6,10H2,(H,27,28). The van der Waals surface area contributed by atoms with Gasteiger partial charge in [-0.2, -0.15) is 18.3 Å². The van der Waals surface area contributed by atoms with Gasteiger partial charge < -0.3 is 10.0 Å². The summed E-state index contributed by atoms with van der Waals surface area (Å²) in [7, 11) is 0. The first-order valence-corrected chi connectivity index (χ1v) is 9.03. The highest BCUT2D eigenvalue weighted by Crippen LogP contribution is 2.42. The molecule has 1 saturated heterocycles. The van der Waals surface area contributed by atoms with Crippen LogP contribution in [-0.4, -0.2) is 44.3 Å². The van der Waals surface area contributed by atoms with Gasteiger partial charge in [0.15, 0.2) is 5.69 Å². The number of alkyl halides is 3. The van der Waals surface area contributed by atoms with Crippen molar-refractivity contribution in [2.24, 2.45) is 11.8 Å². The lowest BCUT2D eigenvalue weighted by atomic mass is 9.94. The van der Waals surface area contributed by atoms with E-state index in [1.165, 1.54) is 29.3 Å². The van der Waals surface area contributed by atoms with Crippen LogP contribution < -0.4 is 0 Å². The first kappa shape index (κ1) is 18.5. The Morgan fingerprint density at radius 1 is 1.18 bits per heavy atom. The Balaban J connectivity index is 1.61. The number of aromatic nitrogens is 2. The van der Waals surface area contributed by atoms with Gasteiger partial charge in [-0.25, -0.2) is 9.48 Å². The fourth-order valence-corrected chi connectivity index (χ4v) is 4.40. The summed E-state index contributed by atoms with van der Waals surface area (Å²) in [5.74, 6) is -1.29. The average molecular weight is 393 g/mol. The highest BCUT2D eigenvalue weighted by Gasteiger charge is 2.49. The number of hydrogen-bond acceptors (Lipinski definition) is 3. The van der Waals surface area contributed by atoms with Crippen molar-refractivity contribution in [3.05, 3.63) is 47.8 Å². The number of likely N-dealkylation sites (tertiary alicyclic amines) is 1. The van der Waals surface area contributed by atoms with Crippen LogP contribution in [0, 0.1) is 11.8 Å². The second-order valence-corrected chi connectivity index (χ2v) is 7.29. The smallest absolute Gasteiger partial charge is 0.435 e. The van der Waals surface area contributed by atoms with Gasteiger partial charge in [-0.1, -0.05) is 12.5 Å². The molecule has 1 aliphatic carbocycles. The zero-order valence-electron chi connectivity index (χ0n) is 14.8. The van der Waals surface area contributed by atoms with Crippen LogP contribution in [0.15, 0.2) is 36.5 Å². The van der Waals surface area contributed by atoms with Gasteiger partial charge in [-0.15, -0.1) is 0 Å². The van der Waals surface area contributed by atoms with Crippen molar-refractivity contribution < 1.29 is 27.9 Å². The molecule has 3 unspecified atom stereocenters. The molecule has 2 fully saturated rings. The maximum absolute atomic E-state index is 13.0. The Bertz CT molecular complexity index is 924. The second-order valence-electron chi connectivity index (χ2n) is 7.29. The minimum absolute atomic E-state index is 0.0370. The molecule has 1 aliphatic heterocycles. The summed E-state index contributed by atoms with van der Waals surface area (Å²) in [4.78, 5) is 26.1. The van der Waals surface area contributed by atoms with Gasteiger partial charge in [0.2, 0.25) is 0 Å². The summed E-state index contributed by atoms with van der Waals surface area (Å²) in [6, 6.07) is 6.05. The number of carboxylic acid groups (broad SMARTS) is 1. The van der Waals surface area contributed by atoms with Crippen LogP contribution >= 0.6 is 0 Å². The van der Waals surface area contributed by atoms with Crippen molar-refractivity contribution in [2.45, 2.75) is 31.5 Å². The largest absolute Gasteiger partial charge is 0.480 e. The lowest BCUT2D eigenvalue weighted by Crippen LogP contribution is -2.43. The monoisotopic (exact) mass is 393 g/mol. The Hall–Kier alpha value is -2.84. The normalized spacial score (nSPS) is 24.4. The number of aliphatic carboxylic acids is 1. The third-order valence-electron chi connectivity index (χ3n) is 5.64. The van der Waals surface area contributed by atoms with Crippen LogP contribution in [0.1, 0.15) is 35.3 Å². The van der Waals surface area contributed by atoms with Crippen molar-refractivity contribution in [2.75, 3.05) is 6.54 Å². The Kier molecular flexibility index (Phi) is 4.40. The van der Waals surface area contributed by atoms with Crippen molar-refractivity contribution in [3.8, 4) is 5.69 Å². The van der Waals surface area contributed by atoms with Gasteiger partial charge in [0.05, 0.1) is 5.69 Å². The van der Waals surface area contributed by atoms with Gasteiger partial charge in [0.1, 0.15) is 6.04 Å². The minimum atomic E-state index is -4.55. The molecule has 0 spiro atoms. The van der Waals surface area contributed by atoms with E-state index in [2.05, 4.69) is 5.10 Å². The number of carboxylic acids is 1. The van der Waals surface area contributed by atoms with Crippen molar-refractivity contribution >= 4 is 11.9 Å². The highest BCUT2D eigenvalue weighted by molar-refractivity contribution is 5.97. The molecule has 2 aliphatic rings. The quantitative estimate of drug-likeness (QED) is 0.869. The third-order valence-corrected chi connectivity index (χ3v) is 5.64. The Labute approximate surface area is 158 Å². The number of amides is 1. The number of hydrogen-bond donors (Lipinski definition) is 1. The number of fused-ring (bicyclic) bond motifs is 1. The molecular weight excluding hydrogens is 375 g/mol. The summed E-state index contributed by atoms with van der Waals surface area (Å²) in [5, 5.41) is 13.1. The van der Waals surface area contributed by atoms with E-state index in [1.807, 2.05) is 0 Å². The van der Waals surface area contributed by atoms with Gasteiger partial charge in [-0.3, -0.25) is 4.79 Å². The van der Waals surface area contributed by atoms with Gasteiger partial charge >= 0.3 is 12.1 Å². The number of nitrogens with zero attached hydrogens (tertiary/aromatic N) is 3. The minimum Gasteiger partial charge on any atom is -0.480 e. The van der Waals surface area contributed by atoms with E-state index >= 15 is 0 Å². The molecule has 6 nitrogen and oxygen atoms in total. The molecule has 1 amide bonds. The number of carbonyl (C=O) groups is 2. The van der Waals surface area contributed by atoms with Crippen molar-refractivity contribution in [3.63, 3.8) is 0 Å². The van der Waals surface area contributed by atoms with Crippen LogP contribution in [-0.2, 0) is 11.0 Å².